The van der Waals surface area contributed by atoms with Gasteiger partial charge in [-0.2, -0.15) is 0 Å². The normalized spacial score (nSPS) is 13.5. The van der Waals surface area contributed by atoms with Crippen LogP contribution in [-0.4, -0.2) is 17.0 Å². The van der Waals surface area contributed by atoms with Crippen LogP contribution in [0.5, 0.6) is 0 Å². The molecule has 1 aliphatic heterocycles. The third-order valence-corrected chi connectivity index (χ3v) is 4.02. The molecular formula is C16H10BrNO3. The summed E-state index contributed by atoms with van der Waals surface area (Å²) >= 11 is 3.33. The van der Waals surface area contributed by atoms with E-state index in [1.54, 1.807) is 30.3 Å². The largest absolute Gasteiger partial charge is 0.478 e. The molecule has 2 aromatic carbocycles. The second kappa shape index (κ2) is 4.86. The average Bonchev–Trinajstić information content (AvgIpc) is 2.72. The third-order valence-electron chi connectivity index (χ3n) is 3.38. The van der Waals surface area contributed by atoms with E-state index in [2.05, 4.69) is 22.5 Å². The Morgan fingerprint density at radius 2 is 1.76 bits per heavy atom. The first kappa shape index (κ1) is 13.6. The Hall–Kier alpha value is -2.40. The number of halogens is 1. The zero-order chi connectivity index (χ0) is 15.1. The molecule has 0 saturated heterocycles. The van der Waals surface area contributed by atoms with Crippen molar-refractivity contribution in [3.05, 3.63) is 70.2 Å². The van der Waals surface area contributed by atoms with Gasteiger partial charge in [-0.3, -0.25) is 9.69 Å². The maximum atomic E-state index is 12.6. The van der Waals surface area contributed by atoms with Gasteiger partial charge < -0.3 is 5.11 Å². The lowest BCUT2D eigenvalue weighted by Gasteiger charge is -2.21. The van der Waals surface area contributed by atoms with Crippen molar-refractivity contribution in [3.63, 3.8) is 0 Å². The van der Waals surface area contributed by atoms with Gasteiger partial charge in [0, 0.05) is 15.6 Å². The van der Waals surface area contributed by atoms with Crippen molar-refractivity contribution in [3.8, 4) is 0 Å². The lowest BCUT2D eigenvalue weighted by Crippen LogP contribution is -2.24. The lowest BCUT2D eigenvalue weighted by atomic mass is 10.1. The number of carbonyl (C=O) groups is 2. The van der Waals surface area contributed by atoms with E-state index in [1.807, 2.05) is 6.07 Å². The number of carboxylic acids is 1. The molecule has 3 rings (SSSR count). The maximum absolute atomic E-state index is 12.6. The first-order valence-corrected chi connectivity index (χ1v) is 6.96. The van der Waals surface area contributed by atoms with Crippen molar-refractivity contribution in [1.29, 1.82) is 0 Å². The van der Waals surface area contributed by atoms with Gasteiger partial charge in [-0.15, -0.1) is 0 Å². The topological polar surface area (TPSA) is 57.6 Å². The highest BCUT2D eigenvalue weighted by Crippen LogP contribution is 2.40. The minimum atomic E-state index is -1.09. The van der Waals surface area contributed by atoms with Crippen LogP contribution < -0.4 is 4.90 Å². The molecule has 0 saturated carbocycles. The minimum absolute atomic E-state index is 0.0479. The molecule has 1 amide bonds. The monoisotopic (exact) mass is 343 g/mol. The number of carbonyl (C=O) groups excluding carboxylic acids is 1. The number of amides is 1. The summed E-state index contributed by atoms with van der Waals surface area (Å²) in [7, 11) is 0. The van der Waals surface area contributed by atoms with Gasteiger partial charge in [-0.25, -0.2) is 4.79 Å². The first-order chi connectivity index (χ1) is 10.0. The number of para-hydroxylation sites is 1. The lowest BCUT2D eigenvalue weighted by molar-refractivity contribution is 0.0698. The summed E-state index contributed by atoms with van der Waals surface area (Å²) in [4.78, 5) is 25.4. The molecular weight excluding hydrogens is 334 g/mol. The van der Waals surface area contributed by atoms with Crippen LogP contribution in [0.3, 0.4) is 0 Å². The Morgan fingerprint density at radius 1 is 1.10 bits per heavy atom. The predicted octanol–water partition coefficient (Wildman–Crippen LogP) is 3.78. The fourth-order valence-corrected chi connectivity index (χ4v) is 2.98. The quantitative estimate of drug-likeness (QED) is 0.902. The van der Waals surface area contributed by atoms with E-state index in [4.69, 9.17) is 0 Å². The second-order valence-electron chi connectivity index (χ2n) is 4.57. The van der Waals surface area contributed by atoms with E-state index >= 15 is 0 Å². The average molecular weight is 344 g/mol. The molecule has 1 N–H and O–H groups in total. The van der Waals surface area contributed by atoms with E-state index in [9.17, 15) is 14.7 Å². The van der Waals surface area contributed by atoms with Crippen molar-refractivity contribution in [2.24, 2.45) is 0 Å². The third kappa shape index (κ3) is 1.97. The maximum Gasteiger partial charge on any atom is 0.337 e. The molecule has 2 aromatic rings. The van der Waals surface area contributed by atoms with Gasteiger partial charge >= 0.3 is 5.97 Å². The molecule has 0 radical (unpaired) electrons. The van der Waals surface area contributed by atoms with Crippen molar-refractivity contribution in [1.82, 2.24) is 0 Å². The van der Waals surface area contributed by atoms with E-state index in [0.717, 1.165) is 5.56 Å². The van der Waals surface area contributed by atoms with Gasteiger partial charge in [-0.05, 0) is 34.1 Å². The Labute approximate surface area is 129 Å². The summed E-state index contributed by atoms with van der Waals surface area (Å²) in [6, 6.07) is 11.9. The summed E-state index contributed by atoms with van der Waals surface area (Å²) in [5, 5.41) is 9.35. The number of anilines is 1. The fraction of sp³-hybridized carbons (Fsp3) is 0. The number of benzene rings is 2. The molecule has 21 heavy (non-hydrogen) atoms. The molecule has 0 bridgehead atoms. The Bertz CT molecular complexity index is 763. The predicted molar refractivity (Wildman–Crippen MR) is 83.4 cm³/mol. The van der Waals surface area contributed by atoms with Gasteiger partial charge in [0.25, 0.3) is 5.91 Å². The van der Waals surface area contributed by atoms with Crippen LogP contribution in [-0.2, 0) is 0 Å². The van der Waals surface area contributed by atoms with Crippen molar-refractivity contribution in [2.45, 2.75) is 0 Å². The molecule has 1 heterocycles. The number of hydrogen-bond acceptors (Lipinski definition) is 2. The number of aromatic carboxylic acids is 1. The molecule has 0 aromatic heterocycles. The van der Waals surface area contributed by atoms with Crippen LogP contribution in [0.15, 0.2) is 53.5 Å². The van der Waals surface area contributed by atoms with Gasteiger partial charge in [-0.1, -0.05) is 30.8 Å². The van der Waals surface area contributed by atoms with Crippen LogP contribution in [0.4, 0.5) is 5.69 Å². The highest BCUT2D eigenvalue weighted by molar-refractivity contribution is 9.10. The molecule has 1 aliphatic rings. The summed E-state index contributed by atoms with van der Waals surface area (Å²) in [6.07, 6.45) is 0. The van der Waals surface area contributed by atoms with Crippen LogP contribution in [0.25, 0.3) is 5.70 Å². The Morgan fingerprint density at radius 3 is 2.38 bits per heavy atom. The van der Waals surface area contributed by atoms with Gasteiger partial charge in [0.1, 0.15) is 0 Å². The highest BCUT2D eigenvalue weighted by atomic mass is 79.9. The Kier molecular flexibility index (Phi) is 3.14. The molecule has 4 nitrogen and oxygen atoms in total. The number of rotatable bonds is 2. The van der Waals surface area contributed by atoms with Crippen molar-refractivity contribution < 1.29 is 14.7 Å². The summed E-state index contributed by atoms with van der Waals surface area (Å²) in [5.41, 5.74) is 2.07. The van der Waals surface area contributed by atoms with E-state index in [-0.39, 0.29) is 11.5 Å². The standard InChI is InChI=1S/C16H10BrNO3/c1-9-10-5-2-3-6-11(10)15(19)18(9)14-12(16(20)21)7-4-8-13(14)17/h2-8H,1H2,(H,20,21). The number of hydrogen-bond donors (Lipinski definition) is 1. The molecule has 0 atom stereocenters. The van der Waals surface area contributed by atoms with Gasteiger partial charge in [0.15, 0.2) is 0 Å². The number of carboxylic acid groups (broad SMARTS) is 1. The van der Waals surface area contributed by atoms with E-state index in [1.165, 1.54) is 11.0 Å². The molecule has 5 heteroatoms. The molecule has 0 unspecified atom stereocenters. The smallest absolute Gasteiger partial charge is 0.337 e. The highest BCUT2D eigenvalue weighted by Gasteiger charge is 2.35. The van der Waals surface area contributed by atoms with Gasteiger partial charge in [0.2, 0.25) is 0 Å². The summed E-state index contributed by atoms with van der Waals surface area (Å²) < 4.78 is 0.532. The van der Waals surface area contributed by atoms with Crippen LogP contribution in [0.2, 0.25) is 0 Å². The second-order valence-corrected chi connectivity index (χ2v) is 5.43. The van der Waals surface area contributed by atoms with E-state index in [0.29, 0.717) is 21.4 Å². The van der Waals surface area contributed by atoms with Crippen LogP contribution in [0, 0.1) is 0 Å². The number of nitrogens with zero attached hydrogens (tertiary/aromatic N) is 1. The van der Waals surface area contributed by atoms with Crippen LogP contribution in [0.1, 0.15) is 26.3 Å². The van der Waals surface area contributed by atoms with Crippen molar-refractivity contribution in [2.75, 3.05) is 4.90 Å². The zero-order valence-electron chi connectivity index (χ0n) is 10.8. The summed E-state index contributed by atoms with van der Waals surface area (Å²) in [5.74, 6) is -1.37. The minimum Gasteiger partial charge on any atom is -0.478 e. The fourth-order valence-electron chi connectivity index (χ4n) is 2.44. The molecule has 0 fully saturated rings. The van der Waals surface area contributed by atoms with E-state index < -0.39 is 5.97 Å². The SMILES string of the molecule is C=C1c2ccccc2C(=O)N1c1c(Br)cccc1C(=O)O. The zero-order valence-corrected chi connectivity index (χ0v) is 12.4. The molecule has 0 spiro atoms. The molecule has 104 valence electrons. The first-order valence-electron chi connectivity index (χ1n) is 6.17. The van der Waals surface area contributed by atoms with Gasteiger partial charge in [0.05, 0.1) is 16.9 Å². The van der Waals surface area contributed by atoms with Crippen molar-refractivity contribution >= 4 is 39.2 Å². The summed E-state index contributed by atoms with van der Waals surface area (Å²) in [6.45, 7) is 3.94. The molecule has 0 aliphatic carbocycles. The Balaban J connectivity index is 2.23. The van der Waals surface area contributed by atoms with Crippen LogP contribution >= 0.6 is 15.9 Å². The number of fused-ring (bicyclic) bond motifs is 1.